The predicted octanol–water partition coefficient (Wildman–Crippen LogP) is 3.43. The summed E-state index contributed by atoms with van der Waals surface area (Å²) in [4.78, 5) is 13.2. The molecule has 1 aromatic carbocycles. The van der Waals surface area contributed by atoms with E-state index in [1.165, 1.54) is 12.6 Å². The van der Waals surface area contributed by atoms with Gasteiger partial charge in [0.25, 0.3) is 0 Å². The van der Waals surface area contributed by atoms with Gasteiger partial charge >= 0.3 is 0 Å². The maximum atomic E-state index is 7.92. The van der Waals surface area contributed by atoms with E-state index in [1.807, 2.05) is 38.2 Å². The lowest BCUT2D eigenvalue weighted by atomic mass is 9.97. The molecule has 192 valence electrons. The topological polar surface area (TPSA) is 132 Å². The van der Waals surface area contributed by atoms with Crippen molar-refractivity contribution in [3.63, 3.8) is 0 Å². The van der Waals surface area contributed by atoms with Crippen molar-refractivity contribution in [3.8, 4) is 17.0 Å². The number of nitrogens with one attached hydrogen (secondary N) is 1. The standard InChI is InChI=1S/C26H35N7O3/c1-18(2)31-26(30-17-28)33-16-20-8-11-34-23-13-19(6-7-22(23)25(20)32-33)21(14-27)15-29-9-12-36-24-5-3-4-10-35-24/h6-7,13-18,21,24,27H,3-5,8-12H2,1-2H3,(H2,28,30,31). The number of nitrogens with zero attached hydrogens (tertiary/aromatic N) is 5. The third-order valence-electron chi connectivity index (χ3n) is 5.94. The van der Waals surface area contributed by atoms with E-state index in [0.717, 1.165) is 54.0 Å². The van der Waals surface area contributed by atoms with Gasteiger partial charge in [-0.15, -0.1) is 0 Å². The van der Waals surface area contributed by atoms with E-state index < -0.39 is 0 Å². The highest BCUT2D eigenvalue weighted by molar-refractivity contribution is 5.90. The molecule has 2 aromatic rings. The molecule has 3 heterocycles. The molecule has 1 fully saturated rings. The first-order valence-corrected chi connectivity index (χ1v) is 12.5. The molecule has 4 rings (SSSR count). The molecule has 2 aliphatic rings. The highest BCUT2D eigenvalue weighted by atomic mass is 16.7. The van der Waals surface area contributed by atoms with Crippen molar-refractivity contribution in [1.82, 2.24) is 9.78 Å². The normalized spacial score (nSPS) is 19.2. The Labute approximate surface area is 211 Å². The highest BCUT2D eigenvalue weighted by Gasteiger charge is 2.22. The van der Waals surface area contributed by atoms with Crippen molar-refractivity contribution in [2.75, 3.05) is 26.4 Å². The highest BCUT2D eigenvalue weighted by Crippen LogP contribution is 2.36. The van der Waals surface area contributed by atoms with Gasteiger partial charge in [-0.1, -0.05) is 6.07 Å². The molecule has 10 nitrogen and oxygen atoms in total. The fourth-order valence-corrected chi connectivity index (χ4v) is 4.20. The summed E-state index contributed by atoms with van der Waals surface area (Å²) in [5.74, 6) is 0.923. The summed E-state index contributed by atoms with van der Waals surface area (Å²) >= 11 is 0. The fourth-order valence-electron chi connectivity index (χ4n) is 4.20. The molecule has 1 aromatic heterocycles. The number of aromatic nitrogens is 2. The number of rotatable bonds is 8. The largest absolute Gasteiger partial charge is 0.493 e. The summed E-state index contributed by atoms with van der Waals surface area (Å²) in [6.07, 6.45) is 10.1. The Balaban J connectivity index is 1.48. The summed E-state index contributed by atoms with van der Waals surface area (Å²) in [6, 6.07) is 6.01. The van der Waals surface area contributed by atoms with Crippen LogP contribution in [0.25, 0.3) is 11.3 Å². The summed E-state index contributed by atoms with van der Waals surface area (Å²) in [7, 11) is 0. The first kappa shape index (κ1) is 25.7. The molecule has 36 heavy (non-hydrogen) atoms. The van der Waals surface area contributed by atoms with Crippen molar-refractivity contribution in [3.05, 3.63) is 35.5 Å². The zero-order valence-corrected chi connectivity index (χ0v) is 21.0. The van der Waals surface area contributed by atoms with Crippen LogP contribution in [0.2, 0.25) is 0 Å². The Bertz CT molecular complexity index is 1120. The predicted molar refractivity (Wildman–Crippen MR) is 142 cm³/mol. The van der Waals surface area contributed by atoms with E-state index in [-0.39, 0.29) is 18.2 Å². The number of aliphatic imine (C=N–C) groups is 3. The summed E-state index contributed by atoms with van der Waals surface area (Å²) in [6.45, 7) is 6.27. The van der Waals surface area contributed by atoms with Crippen LogP contribution in [-0.4, -0.2) is 73.2 Å². The molecular formula is C26H35N7O3. The molecule has 0 radical (unpaired) electrons. The molecule has 0 spiro atoms. The zero-order chi connectivity index (χ0) is 25.3. The lowest BCUT2D eigenvalue weighted by Gasteiger charge is -2.22. The van der Waals surface area contributed by atoms with Crippen LogP contribution in [0, 0.1) is 5.41 Å². The van der Waals surface area contributed by atoms with E-state index in [4.69, 9.17) is 30.5 Å². The number of fused-ring (bicyclic) bond motifs is 3. The van der Waals surface area contributed by atoms with Gasteiger partial charge in [-0.25, -0.2) is 14.7 Å². The number of ether oxygens (including phenoxy) is 3. The molecule has 0 saturated carbocycles. The van der Waals surface area contributed by atoms with E-state index in [2.05, 4.69) is 15.0 Å². The van der Waals surface area contributed by atoms with E-state index in [0.29, 0.717) is 32.1 Å². The van der Waals surface area contributed by atoms with Gasteiger partial charge in [0.2, 0.25) is 5.96 Å². The molecule has 0 amide bonds. The van der Waals surface area contributed by atoms with Crippen LogP contribution < -0.4 is 10.5 Å². The van der Waals surface area contributed by atoms with Crippen LogP contribution in [-0.2, 0) is 15.9 Å². The van der Waals surface area contributed by atoms with Gasteiger partial charge in [0.15, 0.2) is 6.29 Å². The van der Waals surface area contributed by atoms with Gasteiger partial charge < -0.3 is 25.4 Å². The van der Waals surface area contributed by atoms with Gasteiger partial charge in [0, 0.05) is 48.8 Å². The molecular weight excluding hydrogens is 458 g/mol. The number of nitrogens with two attached hydrogens (primary N) is 1. The Hall–Kier alpha value is -3.37. The Morgan fingerprint density at radius 3 is 2.97 bits per heavy atom. The maximum absolute atomic E-state index is 7.92. The summed E-state index contributed by atoms with van der Waals surface area (Å²) in [5.41, 5.74) is 9.25. The van der Waals surface area contributed by atoms with Crippen LogP contribution in [0.4, 0.5) is 0 Å². The lowest BCUT2D eigenvalue weighted by Crippen LogP contribution is -2.23. The van der Waals surface area contributed by atoms with Crippen LogP contribution in [0.5, 0.6) is 5.75 Å². The second-order valence-corrected chi connectivity index (χ2v) is 9.02. The van der Waals surface area contributed by atoms with Crippen LogP contribution in [0.1, 0.15) is 50.2 Å². The van der Waals surface area contributed by atoms with E-state index in [9.17, 15) is 0 Å². The third-order valence-corrected chi connectivity index (χ3v) is 5.94. The Morgan fingerprint density at radius 2 is 2.22 bits per heavy atom. The summed E-state index contributed by atoms with van der Waals surface area (Å²) < 4.78 is 19.0. The quantitative estimate of drug-likeness (QED) is 0.330. The van der Waals surface area contributed by atoms with Crippen molar-refractivity contribution < 1.29 is 14.2 Å². The number of hydrogen-bond acceptors (Lipinski definition) is 7. The molecule has 2 unspecified atom stereocenters. The van der Waals surface area contributed by atoms with Crippen molar-refractivity contribution in [1.29, 1.82) is 5.41 Å². The number of benzene rings is 1. The zero-order valence-electron chi connectivity index (χ0n) is 21.0. The fraction of sp³-hybridized carbons (Fsp3) is 0.500. The molecule has 10 heteroatoms. The molecule has 0 aliphatic carbocycles. The first-order chi connectivity index (χ1) is 17.6. The van der Waals surface area contributed by atoms with Gasteiger partial charge in [-0.2, -0.15) is 5.10 Å². The van der Waals surface area contributed by atoms with Gasteiger partial charge in [-0.3, -0.25) is 4.99 Å². The number of hydrogen-bond donors (Lipinski definition) is 2. The van der Waals surface area contributed by atoms with Crippen molar-refractivity contribution in [2.45, 2.75) is 57.8 Å². The van der Waals surface area contributed by atoms with Crippen molar-refractivity contribution in [2.24, 2.45) is 20.7 Å². The minimum Gasteiger partial charge on any atom is -0.493 e. The smallest absolute Gasteiger partial charge is 0.247 e. The molecule has 1 saturated heterocycles. The van der Waals surface area contributed by atoms with Gasteiger partial charge in [-0.05, 0) is 50.8 Å². The second kappa shape index (κ2) is 12.5. The molecule has 3 N–H and O–H groups in total. The Morgan fingerprint density at radius 1 is 1.33 bits per heavy atom. The molecule has 0 bridgehead atoms. The van der Waals surface area contributed by atoms with E-state index >= 15 is 0 Å². The van der Waals surface area contributed by atoms with Gasteiger partial charge in [0.1, 0.15) is 5.75 Å². The minimum atomic E-state index is -0.256. The second-order valence-electron chi connectivity index (χ2n) is 9.02. The monoisotopic (exact) mass is 493 g/mol. The van der Waals surface area contributed by atoms with Gasteiger partial charge in [0.05, 0.1) is 37.7 Å². The van der Waals surface area contributed by atoms with E-state index in [1.54, 1.807) is 10.9 Å². The van der Waals surface area contributed by atoms with Crippen LogP contribution in [0.3, 0.4) is 0 Å². The molecule has 2 aliphatic heterocycles. The molecule has 2 atom stereocenters. The average molecular weight is 494 g/mol. The maximum Gasteiger partial charge on any atom is 0.247 e. The summed E-state index contributed by atoms with van der Waals surface area (Å²) in [5, 5.41) is 12.7. The SMILES string of the molecule is CC(C)N=C(N=CN)n1cc2c(n1)-c1ccc(C(C=N)C=NCCOC3CCCCO3)cc1OCC2. The average Bonchev–Trinajstić information content (AvgIpc) is 3.22. The third kappa shape index (κ3) is 6.44. The lowest BCUT2D eigenvalue weighted by molar-refractivity contribution is -0.160. The Kier molecular flexibility index (Phi) is 8.96. The van der Waals surface area contributed by atoms with Crippen molar-refractivity contribution >= 4 is 24.7 Å². The minimum absolute atomic E-state index is 0.0535. The van der Waals surface area contributed by atoms with Crippen LogP contribution in [0.15, 0.2) is 39.4 Å². The first-order valence-electron chi connectivity index (χ1n) is 12.5. The van der Waals surface area contributed by atoms with Crippen LogP contribution >= 0.6 is 0 Å².